The van der Waals surface area contributed by atoms with E-state index in [1.807, 2.05) is 4.90 Å². The van der Waals surface area contributed by atoms with E-state index in [9.17, 15) is 9.59 Å². The zero-order valence-electron chi connectivity index (χ0n) is 9.27. The summed E-state index contributed by atoms with van der Waals surface area (Å²) in [6, 6.07) is 0. The molecular formula is C10H18N2O3. The van der Waals surface area contributed by atoms with E-state index in [0.29, 0.717) is 25.9 Å². The largest absolute Gasteiger partial charge is 0.481 e. The number of hydrogen-bond donors (Lipinski definition) is 1. The Morgan fingerprint density at radius 3 is 2.60 bits per heavy atom. The lowest BCUT2D eigenvalue weighted by Crippen LogP contribution is -2.29. The first-order valence-electron chi connectivity index (χ1n) is 5.16. The molecule has 1 unspecified atom stereocenters. The number of carboxylic acids is 1. The van der Waals surface area contributed by atoms with Crippen LogP contribution in [0.4, 0.5) is 0 Å². The second-order valence-corrected chi connectivity index (χ2v) is 4.16. The molecule has 0 bridgehead atoms. The Hall–Kier alpha value is -1.10. The highest BCUT2D eigenvalue weighted by Crippen LogP contribution is 2.16. The lowest BCUT2D eigenvalue weighted by atomic mass is 10.1. The average molecular weight is 214 g/mol. The van der Waals surface area contributed by atoms with Crippen molar-refractivity contribution in [3.63, 3.8) is 0 Å². The molecule has 1 rings (SSSR count). The quantitative estimate of drug-likeness (QED) is 0.708. The van der Waals surface area contributed by atoms with E-state index >= 15 is 0 Å². The number of carbonyl (C=O) groups is 2. The average Bonchev–Trinajstić information content (AvgIpc) is 2.62. The summed E-state index contributed by atoms with van der Waals surface area (Å²) in [7, 11) is 3.46. The van der Waals surface area contributed by atoms with Crippen molar-refractivity contribution in [3.8, 4) is 0 Å². The van der Waals surface area contributed by atoms with Crippen LogP contribution in [-0.2, 0) is 9.59 Å². The van der Waals surface area contributed by atoms with Gasteiger partial charge >= 0.3 is 5.97 Å². The molecule has 15 heavy (non-hydrogen) atoms. The van der Waals surface area contributed by atoms with Crippen molar-refractivity contribution in [2.75, 3.05) is 33.7 Å². The van der Waals surface area contributed by atoms with Crippen LogP contribution in [0.1, 0.15) is 12.8 Å². The molecule has 5 nitrogen and oxygen atoms in total. The summed E-state index contributed by atoms with van der Waals surface area (Å²) in [5.41, 5.74) is 0. The maximum Gasteiger partial charge on any atom is 0.307 e. The Labute approximate surface area is 89.7 Å². The smallest absolute Gasteiger partial charge is 0.307 e. The molecule has 0 saturated carbocycles. The molecule has 0 spiro atoms. The van der Waals surface area contributed by atoms with Gasteiger partial charge in [0.15, 0.2) is 0 Å². The molecule has 0 aromatic carbocycles. The number of amides is 1. The second-order valence-electron chi connectivity index (χ2n) is 4.16. The van der Waals surface area contributed by atoms with E-state index in [1.165, 1.54) is 0 Å². The maximum absolute atomic E-state index is 11.3. The monoisotopic (exact) mass is 214 g/mol. The molecule has 1 atom stereocenters. The molecule has 86 valence electrons. The third kappa shape index (κ3) is 3.51. The molecule has 0 aliphatic carbocycles. The molecule has 0 aromatic heterocycles. The van der Waals surface area contributed by atoms with E-state index in [-0.39, 0.29) is 11.8 Å². The van der Waals surface area contributed by atoms with Crippen LogP contribution in [0.25, 0.3) is 0 Å². The Kier molecular flexibility index (Phi) is 4.08. The first-order chi connectivity index (χ1) is 7.00. The number of carbonyl (C=O) groups excluding carboxylic acids is 1. The van der Waals surface area contributed by atoms with E-state index in [2.05, 4.69) is 0 Å². The molecule has 1 saturated heterocycles. The van der Waals surface area contributed by atoms with Gasteiger partial charge in [0.05, 0.1) is 5.92 Å². The van der Waals surface area contributed by atoms with Crippen LogP contribution < -0.4 is 0 Å². The highest BCUT2D eigenvalue weighted by atomic mass is 16.4. The molecule has 1 aliphatic rings. The van der Waals surface area contributed by atoms with Crippen molar-refractivity contribution in [2.45, 2.75) is 12.8 Å². The fourth-order valence-electron chi connectivity index (χ4n) is 1.71. The molecule has 0 aromatic rings. The van der Waals surface area contributed by atoms with Gasteiger partial charge in [0, 0.05) is 33.6 Å². The van der Waals surface area contributed by atoms with Crippen LogP contribution in [-0.4, -0.2) is 60.5 Å². The number of nitrogens with zero attached hydrogens (tertiary/aromatic N) is 2. The van der Waals surface area contributed by atoms with E-state index < -0.39 is 5.97 Å². The van der Waals surface area contributed by atoms with Gasteiger partial charge in [-0.3, -0.25) is 9.59 Å². The molecular weight excluding hydrogens is 196 g/mol. The number of carboxylic acid groups (broad SMARTS) is 1. The minimum atomic E-state index is -0.726. The zero-order chi connectivity index (χ0) is 11.4. The lowest BCUT2D eigenvalue weighted by Gasteiger charge is -2.16. The highest BCUT2D eigenvalue weighted by molar-refractivity contribution is 5.75. The number of aliphatic carboxylic acids is 1. The summed E-state index contributed by atoms with van der Waals surface area (Å²) in [6.45, 7) is 2.04. The number of rotatable bonds is 4. The standard InChI is InChI=1S/C10H18N2O3/c1-11(2)9(13)4-6-12-5-3-8(7-12)10(14)15/h8H,3-7H2,1-2H3,(H,14,15). The number of hydrogen-bond acceptors (Lipinski definition) is 3. The van der Waals surface area contributed by atoms with Crippen molar-refractivity contribution in [1.29, 1.82) is 0 Å². The summed E-state index contributed by atoms with van der Waals surface area (Å²) >= 11 is 0. The zero-order valence-corrected chi connectivity index (χ0v) is 9.27. The van der Waals surface area contributed by atoms with Crippen molar-refractivity contribution in [3.05, 3.63) is 0 Å². The van der Waals surface area contributed by atoms with E-state index in [0.717, 1.165) is 6.54 Å². The Balaban J connectivity index is 2.25. The SMILES string of the molecule is CN(C)C(=O)CCN1CCC(C(=O)O)C1. The van der Waals surface area contributed by atoms with Gasteiger partial charge in [-0.15, -0.1) is 0 Å². The third-order valence-electron chi connectivity index (χ3n) is 2.76. The van der Waals surface area contributed by atoms with Gasteiger partial charge in [-0.05, 0) is 13.0 Å². The normalized spacial score (nSPS) is 21.6. The summed E-state index contributed by atoms with van der Waals surface area (Å²) in [5.74, 6) is -0.885. The van der Waals surface area contributed by atoms with Crippen LogP contribution in [0.15, 0.2) is 0 Å². The first kappa shape index (κ1) is 12.0. The van der Waals surface area contributed by atoms with Crippen molar-refractivity contribution in [2.24, 2.45) is 5.92 Å². The summed E-state index contributed by atoms with van der Waals surface area (Å²) < 4.78 is 0. The van der Waals surface area contributed by atoms with Gasteiger partial charge in [-0.25, -0.2) is 0 Å². The molecule has 5 heteroatoms. The predicted molar refractivity (Wildman–Crippen MR) is 55.5 cm³/mol. The van der Waals surface area contributed by atoms with Gasteiger partial charge in [-0.1, -0.05) is 0 Å². The van der Waals surface area contributed by atoms with Gasteiger partial charge in [0.1, 0.15) is 0 Å². The second kappa shape index (κ2) is 5.11. The van der Waals surface area contributed by atoms with Crippen LogP contribution in [0.3, 0.4) is 0 Å². The Morgan fingerprint density at radius 2 is 2.13 bits per heavy atom. The minimum absolute atomic E-state index is 0.0915. The van der Waals surface area contributed by atoms with E-state index in [1.54, 1.807) is 19.0 Å². The van der Waals surface area contributed by atoms with Crippen molar-refractivity contribution >= 4 is 11.9 Å². The van der Waals surface area contributed by atoms with Crippen LogP contribution >= 0.6 is 0 Å². The molecule has 1 amide bonds. The molecule has 1 fully saturated rings. The summed E-state index contributed by atoms with van der Waals surface area (Å²) in [6.07, 6.45) is 1.17. The fourth-order valence-corrected chi connectivity index (χ4v) is 1.71. The Morgan fingerprint density at radius 1 is 1.47 bits per heavy atom. The minimum Gasteiger partial charge on any atom is -0.481 e. The lowest BCUT2D eigenvalue weighted by molar-refractivity contribution is -0.141. The van der Waals surface area contributed by atoms with E-state index in [4.69, 9.17) is 5.11 Å². The van der Waals surface area contributed by atoms with Gasteiger partial charge in [0.2, 0.25) is 5.91 Å². The van der Waals surface area contributed by atoms with Gasteiger partial charge < -0.3 is 14.9 Å². The highest BCUT2D eigenvalue weighted by Gasteiger charge is 2.27. The van der Waals surface area contributed by atoms with Gasteiger partial charge in [0.25, 0.3) is 0 Å². The van der Waals surface area contributed by atoms with Crippen LogP contribution in [0.2, 0.25) is 0 Å². The molecule has 1 N–H and O–H groups in total. The van der Waals surface area contributed by atoms with Crippen LogP contribution in [0.5, 0.6) is 0 Å². The molecule has 1 heterocycles. The Bertz CT molecular complexity index is 253. The predicted octanol–water partition coefficient (Wildman–Crippen LogP) is -0.129. The topological polar surface area (TPSA) is 60.9 Å². The summed E-state index contributed by atoms with van der Waals surface area (Å²) in [5, 5.41) is 8.79. The van der Waals surface area contributed by atoms with Crippen molar-refractivity contribution < 1.29 is 14.7 Å². The van der Waals surface area contributed by atoms with Crippen molar-refractivity contribution in [1.82, 2.24) is 9.80 Å². The fraction of sp³-hybridized carbons (Fsp3) is 0.800. The van der Waals surface area contributed by atoms with Gasteiger partial charge in [-0.2, -0.15) is 0 Å². The molecule has 0 radical (unpaired) electrons. The number of likely N-dealkylation sites (tertiary alicyclic amines) is 1. The van der Waals surface area contributed by atoms with Crippen LogP contribution in [0, 0.1) is 5.92 Å². The molecule has 1 aliphatic heterocycles. The summed E-state index contributed by atoms with van der Waals surface area (Å²) in [4.78, 5) is 25.6. The maximum atomic E-state index is 11.3. The third-order valence-corrected chi connectivity index (χ3v) is 2.76. The first-order valence-corrected chi connectivity index (χ1v) is 5.16.